The zero-order valence-electron chi connectivity index (χ0n) is 11.8. The second kappa shape index (κ2) is 7.27. The van der Waals surface area contributed by atoms with E-state index in [1.807, 2.05) is 43.3 Å². The molecule has 0 saturated heterocycles. The van der Waals surface area contributed by atoms with Gasteiger partial charge >= 0.3 is 0 Å². The molecule has 4 heteroatoms. The van der Waals surface area contributed by atoms with Crippen LogP contribution >= 0.6 is 11.6 Å². The Morgan fingerprint density at radius 1 is 1.30 bits per heavy atom. The highest BCUT2D eigenvalue weighted by Gasteiger charge is 2.11. The number of aromatic nitrogens is 1. The zero-order chi connectivity index (χ0) is 14.4. The normalized spacial score (nSPS) is 12.2. The van der Waals surface area contributed by atoms with Crippen molar-refractivity contribution in [2.24, 2.45) is 0 Å². The molecule has 0 aliphatic rings. The van der Waals surface area contributed by atoms with Crippen molar-refractivity contribution in [2.75, 3.05) is 6.54 Å². The van der Waals surface area contributed by atoms with Crippen LogP contribution in [0, 0.1) is 0 Å². The van der Waals surface area contributed by atoms with Gasteiger partial charge in [-0.25, -0.2) is 4.98 Å². The van der Waals surface area contributed by atoms with Crippen molar-refractivity contribution >= 4 is 11.6 Å². The molecule has 0 radical (unpaired) electrons. The number of rotatable bonds is 6. The van der Waals surface area contributed by atoms with Crippen molar-refractivity contribution in [1.29, 1.82) is 0 Å². The molecule has 20 heavy (non-hydrogen) atoms. The van der Waals surface area contributed by atoms with Gasteiger partial charge < -0.3 is 10.1 Å². The first-order chi connectivity index (χ1) is 9.70. The highest BCUT2D eigenvalue weighted by atomic mass is 35.5. The van der Waals surface area contributed by atoms with E-state index in [1.54, 1.807) is 6.20 Å². The molecule has 0 spiro atoms. The fourth-order valence-corrected chi connectivity index (χ4v) is 2.11. The molecule has 106 valence electrons. The number of nitrogens with zero attached hydrogens (tertiary/aromatic N) is 1. The molecule has 1 aromatic heterocycles. The third-order valence-corrected chi connectivity index (χ3v) is 3.27. The minimum Gasteiger partial charge on any atom is -0.469 e. The van der Waals surface area contributed by atoms with Gasteiger partial charge in [0, 0.05) is 12.7 Å². The molecule has 1 aromatic carbocycles. The van der Waals surface area contributed by atoms with Gasteiger partial charge in [0.25, 0.3) is 0 Å². The molecule has 3 nitrogen and oxygen atoms in total. The average molecular weight is 291 g/mol. The SMILES string of the molecule is CCNCc1cnc(OC(C)c2ccccc2)c(Cl)c1. The Hall–Kier alpha value is -1.58. The van der Waals surface area contributed by atoms with E-state index in [0.717, 1.165) is 24.2 Å². The molecule has 0 saturated carbocycles. The number of nitrogens with one attached hydrogen (secondary N) is 1. The molecule has 1 unspecified atom stereocenters. The number of hydrogen-bond acceptors (Lipinski definition) is 3. The Kier molecular flexibility index (Phi) is 5.39. The number of hydrogen-bond donors (Lipinski definition) is 1. The molecule has 0 aliphatic heterocycles. The largest absolute Gasteiger partial charge is 0.469 e. The van der Waals surface area contributed by atoms with E-state index < -0.39 is 0 Å². The predicted octanol–water partition coefficient (Wildman–Crippen LogP) is 3.98. The number of pyridine rings is 1. The monoisotopic (exact) mass is 290 g/mol. The fourth-order valence-electron chi connectivity index (χ4n) is 1.88. The summed E-state index contributed by atoms with van der Waals surface area (Å²) in [5.74, 6) is 0.475. The molecule has 0 aliphatic carbocycles. The zero-order valence-corrected chi connectivity index (χ0v) is 12.5. The topological polar surface area (TPSA) is 34.2 Å². The van der Waals surface area contributed by atoms with Gasteiger partial charge in [-0.2, -0.15) is 0 Å². The van der Waals surface area contributed by atoms with Crippen LogP contribution < -0.4 is 10.1 Å². The van der Waals surface area contributed by atoms with Crippen molar-refractivity contribution in [1.82, 2.24) is 10.3 Å². The third kappa shape index (κ3) is 3.95. The molecule has 0 bridgehead atoms. The van der Waals surface area contributed by atoms with Crippen LogP contribution in [0.1, 0.15) is 31.1 Å². The van der Waals surface area contributed by atoms with Crippen molar-refractivity contribution in [3.63, 3.8) is 0 Å². The van der Waals surface area contributed by atoms with E-state index in [2.05, 4.69) is 17.2 Å². The molecule has 1 atom stereocenters. The van der Waals surface area contributed by atoms with Crippen LogP contribution in [0.2, 0.25) is 5.02 Å². The van der Waals surface area contributed by atoms with Crippen molar-refractivity contribution in [3.05, 3.63) is 58.7 Å². The molecule has 1 N–H and O–H groups in total. The summed E-state index contributed by atoms with van der Waals surface area (Å²) in [6, 6.07) is 11.9. The van der Waals surface area contributed by atoms with Crippen LogP contribution in [0.5, 0.6) is 5.88 Å². The number of halogens is 1. The van der Waals surface area contributed by atoms with Crippen LogP contribution in [0.4, 0.5) is 0 Å². The average Bonchev–Trinajstić information content (AvgIpc) is 2.48. The molecule has 0 amide bonds. The summed E-state index contributed by atoms with van der Waals surface area (Å²) in [7, 11) is 0. The summed E-state index contributed by atoms with van der Waals surface area (Å²) in [4.78, 5) is 4.30. The van der Waals surface area contributed by atoms with Gasteiger partial charge in [-0.05, 0) is 30.7 Å². The maximum Gasteiger partial charge on any atom is 0.233 e. The summed E-state index contributed by atoms with van der Waals surface area (Å²) in [6.45, 7) is 5.73. The summed E-state index contributed by atoms with van der Waals surface area (Å²) >= 11 is 6.22. The molecule has 0 fully saturated rings. The third-order valence-electron chi connectivity index (χ3n) is 3.00. The van der Waals surface area contributed by atoms with Gasteiger partial charge in [0.15, 0.2) is 0 Å². The molecule has 1 heterocycles. The first-order valence-electron chi connectivity index (χ1n) is 6.77. The lowest BCUT2D eigenvalue weighted by molar-refractivity contribution is 0.217. The van der Waals surface area contributed by atoms with Gasteiger partial charge in [-0.15, -0.1) is 0 Å². The van der Waals surface area contributed by atoms with E-state index >= 15 is 0 Å². The Morgan fingerprint density at radius 3 is 2.70 bits per heavy atom. The standard InChI is InChI=1S/C16H19ClN2O/c1-3-18-10-13-9-15(17)16(19-11-13)20-12(2)14-7-5-4-6-8-14/h4-9,11-12,18H,3,10H2,1-2H3. The van der Waals surface area contributed by atoms with Gasteiger partial charge in [0.2, 0.25) is 5.88 Å². The van der Waals surface area contributed by atoms with Crippen molar-refractivity contribution in [2.45, 2.75) is 26.5 Å². The van der Waals surface area contributed by atoms with Gasteiger partial charge in [0.1, 0.15) is 11.1 Å². The van der Waals surface area contributed by atoms with Gasteiger partial charge in [-0.3, -0.25) is 0 Å². The van der Waals surface area contributed by atoms with Crippen LogP contribution in [-0.2, 0) is 6.54 Å². The van der Waals surface area contributed by atoms with Crippen LogP contribution in [0.25, 0.3) is 0 Å². The van der Waals surface area contributed by atoms with Crippen LogP contribution in [0.3, 0.4) is 0 Å². The molecule has 2 rings (SSSR count). The molecule has 2 aromatic rings. The van der Waals surface area contributed by atoms with E-state index in [9.17, 15) is 0 Å². The Morgan fingerprint density at radius 2 is 2.05 bits per heavy atom. The summed E-state index contributed by atoms with van der Waals surface area (Å²) < 4.78 is 5.83. The molecular weight excluding hydrogens is 272 g/mol. The predicted molar refractivity (Wildman–Crippen MR) is 82.1 cm³/mol. The van der Waals surface area contributed by atoms with Crippen LogP contribution in [0.15, 0.2) is 42.6 Å². The highest BCUT2D eigenvalue weighted by Crippen LogP contribution is 2.27. The minimum atomic E-state index is -0.0826. The number of ether oxygens (including phenoxy) is 1. The summed E-state index contributed by atoms with van der Waals surface area (Å²) in [5, 5.41) is 3.78. The second-order valence-electron chi connectivity index (χ2n) is 4.58. The highest BCUT2D eigenvalue weighted by molar-refractivity contribution is 6.31. The van der Waals surface area contributed by atoms with Gasteiger partial charge in [-0.1, -0.05) is 48.9 Å². The van der Waals surface area contributed by atoms with E-state index in [1.165, 1.54) is 0 Å². The van der Waals surface area contributed by atoms with E-state index in [0.29, 0.717) is 10.9 Å². The lowest BCUT2D eigenvalue weighted by Crippen LogP contribution is -2.12. The Labute approximate surface area is 124 Å². The van der Waals surface area contributed by atoms with Gasteiger partial charge in [0.05, 0.1) is 0 Å². The summed E-state index contributed by atoms with van der Waals surface area (Å²) in [5.41, 5.74) is 2.15. The molecular formula is C16H19ClN2O. The second-order valence-corrected chi connectivity index (χ2v) is 4.99. The smallest absolute Gasteiger partial charge is 0.233 e. The van der Waals surface area contributed by atoms with E-state index in [4.69, 9.17) is 16.3 Å². The Balaban J connectivity index is 2.06. The van der Waals surface area contributed by atoms with E-state index in [-0.39, 0.29) is 6.10 Å². The minimum absolute atomic E-state index is 0.0826. The Bertz CT molecular complexity index is 545. The number of benzene rings is 1. The quantitative estimate of drug-likeness (QED) is 0.873. The lowest BCUT2D eigenvalue weighted by atomic mass is 10.1. The van der Waals surface area contributed by atoms with Crippen molar-refractivity contribution < 1.29 is 4.74 Å². The summed E-state index contributed by atoms with van der Waals surface area (Å²) in [6.07, 6.45) is 1.71. The van der Waals surface area contributed by atoms with Crippen molar-refractivity contribution in [3.8, 4) is 5.88 Å². The maximum absolute atomic E-state index is 6.22. The van der Waals surface area contributed by atoms with Crippen LogP contribution in [-0.4, -0.2) is 11.5 Å². The first kappa shape index (κ1) is 14.8. The maximum atomic E-state index is 6.22. The fraction of sp³-hybridized carbons (Fsp3) is 0.312. The lowest BCUT2D eigenvalue weighted by Gasteiger charge is -2.15. The first-order valence-corrected chi connectivity index (χ1v) is 7.15.